The Kier molecular flexibility index (Phi) is 4.46. The molecule has 3 heteroatoms. The minimum absolute atomic E-state index is 0.0452. The van der Waals surface area contributed by atoms with Gasteiger partial charge in [0.25, 0.3) is 0 Å². The van der Waals surface area contributed by atoms with Gasteiger partial charge in [-0.25, -0.2) is 4.98 Å². The smallest absolute Gasteiger partial charge is 0.214 e. The lowest BCUT2D eigenvalue weighted by atomic mass is 9.76. The number of aryl methyl sites for hydroxylation is 1. The van der Waals surface area contributed by atoms with Crippen LogP contribution in [0.1, 0.15) is 57.7 Å². The third-order valence-electron chi connectivity index (χ3n) is 4.03. The molecular formula is C16H25NO2. The first-order valence-corrected chi connectivity index (χ1v) is 7.30. The van der Waals surface area contributed by atoms with Crippen LogP contribution in [0.3, 0.4) is 0 Å². The lowest BCUT2D eigenvalue weighted by Gasteiger charge is -2.34. The Morgan fingerprint density at radius 2 is 2.00 bits per heavy atom. The van der Waals surface area contributed by atoms with E-state index in [9.17, 15) is 5.11 Å². The van der Waals surface area contributed by atoms with E-state index in [-0.39, 0.29) is 12.7 Å². The molecule has 1 fully saturated rings. The summed E-state index contributed by atoms with van der Waals surface area (Å²) in [6.07, 6.45) is 5.75. The summed E-state index contributed by atoms with van der Waals surface area (Å²) in [7, 11) is 0. The van der Waals surface area contributed by atoms with E-state index in [4.69, 9.17) is 4.74 Å². The van der Waals surface area contributed by atoms with Gasteiger partial charge in [-0.3, -0.25) is 0 Å². The number of hydrogen-bond donors (Lipinski definition) is 1. The molecule has 0 aromatic carbocycles. The van der Waals surface area contributed by atoms with Crippen molar-refractivity contribution in [3.05, 3.63) is 23.4 Å². The van der Waals surface area contributed by atoms with E-state index in [1.807, 2.05) is 12.1 Å². The van der Waals surface area contributed by atoms with E-state index in [0.717, 1.165) is 30.5 Å². The molecule has 19 heavy (non-hydrogen) atoms. The van der Waals surface area contributed by atoms with Crippen molar-refractivity contribution in [2.45, 2.75) is 65.6 Å². The average Bonchev–Trinajstić information content (AvgIpc) is 2.40. The second-order valence-electron chi connectivity index (χ2n) is 6.30. The second-order valence-corrected chi connectivity index (χ2v) is 6.30. The first kappa shape index (κ1) is 14.3. The molecule has 0 unspecified atom stereocenters. The van der Waals surface area contributed by atoms with Crippen LogP contribution in [0.15, 0.2) is 12.1 Å². The average molecular weight is 263 g/mol. The van der Waals surface area contributed by atoms with Crippen molar-refractivity contribution in [1.29, 1.82) is 0 Å². The Balaban J connectivity index is 2.03. The van der Waals surface area contributed by atoms with Crippen molar-refractivity contribution < 1.29 is 9.84 Å². The summed E-state index contributed by atoms with van der Waals surface area (Å²) >= 11 is 0. The molecule has 1 N–H and O–H groups in total. The Labute approximate surface area is 116 Å². The number of ether oxygens (including phenoxy) is 1. The first-order valence-electron chi connectivity index (χ1n) is 7.30. The summed E-state index contributed by atoms with van der Waals surface area (Å²) in [5.74, 6) is 0.674. The zero-order valence-corrected chi connectivity index (χ0v) is 12.3. The Bertz CT molecular complexity index is 397. The minimum atomic E-state index is 0.0452. The van der Waals surface area contributed by atoms with Gasteiger partial charge in [0.15, 0.2) is 0 Å². The highest BCUT2D eigenvalue weighted by molar-refractivity contribution is 5.25. The third kappa shape index (κ3) is 3.93. The molecule has 1 aliphatic carbocycles. The predicted octanol–water partition coefficient (Wildman–Crippen LogP) is 3.48. The highest BCUT2D eigenvalue weighted by Crippen LogP contribution is 2.36. The Morgan fingerprint density at radius 1 is 1.32 bits per heavy atom. The van der Waals surface area contributed by atoms with Gasteiger partial charge >= 0.3 is 0 Å². The van der Waals surface area contributed by atoms with Gasteiger partial charge in [-0.2, -0.15) is 0 Å². The minimum Gasteiger partial charge on any atom is -0.474 e. The maximum absolute atomic E-state index is 9.27. The summed E-state index contributed by atoms with van der Waals surface area (Å²) in [5, 5.41) is 9.27. The summed E-state index contributed by atoms with van der Waals surface area (Å²) in [6.45, 7) is 6.76. The largest absolute Gasteiger partial charge is 0.474 e. The number of aromatic nitrogens is 1. The fraction of sp³-hybridized carbons (Fsp3) is 0.688. The topological polar surface area (TPSA) is 42.4 Å². The molecule has 0 aliphatic heterocycles. The second kappa shape index (κ2) is 5.91. The molecule has 2 rings (SSSR count). The molecule has 106 valence electrons. The van der Waals surface area contributed by atoms with E-state index < -0.39 is 0 Å². The van der Waals surface area contributed by atoms with Crippen LogP contribution in [-0.2, 0) is 13.0 Å². The quantitative estimate of drug-likeness (QED) is 0.904. The number of hydrogen-bond acceptors (Lipinski definition) is 3. The molecule has 0 saturated heterocycles. The zero-order valence-electron chi connectivity index (χ0n) is 12.3. The molecule has 1 aromatic rings. The van der Waals surface area contributed by atoms with Crippen molar-refractivity contribution in [3.8, 4) is 5.88 Å². The summed E-state index contributed by atoms with van der Waals surface area (Å²) in [4.78, 5) is 4.50. The Morgan fingerprint density at radius 3 is 2.58 bits per heavy atom. The maximum atomic E-state index is 9.27. The molecule has 0 amide bonds. The summed E-state index contributed by atoms with van der Waals surface area (Å²) in [6, 6.07) is 3.80. The van der Waals surface area contributed by atoms with E-state index >= 15 is 0 Å². The van der Waals surface area contributed by atoms with Crippen molar-refractivity contribution in [2.24, 2.45) is 5.41 Å². The molecule has 3 nitrogen and oxygen atoms in total. The van der Waals surface area contributed by atoms with Crippen LogP contribution in [-0.4, -0.2) is 16.2 Å². The van der Waals surface area contributed by atoms with Gasteiger partial charge in [0.1, 0.15) is 6.10 Å². The van der Waals surface area contributed by atoms with Crippen molar-refractivity contribution >= 4 is 0 Å². The molecule has 0 spiro atoms. The number of aliphatic hydroxyl groups excluding tert-OH is 1. The molecule has 0 atom stereocenters. The lowest BCUT2D eigenvalue weighted by molar-refractivity contribution is 0.0945. The van der Waals surface area contributed by atoms with E-state index in [1.54, 1.807) is 0 Å². The van der Waals surface area contributed by atoms with Gasteiger partial charge in [0.2, 0.25) is 5.88 Å². The molecule has 0 bridgehead atoms. The van der Waals surface area contributed by atoms with Crippen LogP contribution in [0.4, 0.5) is 0 Å². The summed E-state index contributed by atoms with van der Waals surface area (Å²) in [5.41, 5.74) is 2.32. The number of pyridine rings is 1. The highest BCUT2D eigenvalue weighted by atomic mass is 16.5. The zero-order chi connectivity index (χ0) is 13.9. The van der Waals surface area contributed by atoms with Crippen LogP contribution in [0, 0.1) is 5.41 Å². The Hall–Kier alpha value is -1.09. The molecule has 1 aromatic heterocycles. The predicted molar refractivity (Wildman–Crippen MR) is 76.2 cm³/mol. The SMILES string of the molecule is CCc1cc(CO)cc(OC2CCC(C)(C)CC2)n1. The normalized spacial score (nSPS) is 19.4. The van der Waals surface area contributed by atoms with Gasteiger partial charge < -0.3 is 9.84 Å². The van der Waals surface area contributed by atoms with Crippen LogP contribution < -0.4 is 4.74 Å². The standard InChI is InChI=1S/C16H25NO2/c1-4-13-9-12(11-18)10-15(17-13)19-14-5-7-16(2,3)8-6-14/h9-10,14,18H,4-8,11H2,1-3H3. The van der Waals surface area contributed by atoms with Crippen LogP contribution in [0.2, 0.25) is 0 Å². The molecule has 1 aliphatic rings. The van der Waals surface area contributed by atoms with Crippen molar-refractivity contribution in [1.82, 2.24) is 4.98 Å². The highest BCUT2D eigenvalue weighted by Gasteiger charge is 2.28. The number of rotatable bonds is 4. The molecule has 0 radical (unpaired) electrons. The van der Waals surface area contributed by atoms with Crippen molar-refractivity contribution in [3.63, 3.8) is 0 Å². The van der Waals surface area contributed by atoms with Crippen molar-refractivity contribution in [2.75, 3.05) is 0 Å². The van der Waals surface area contributed by atoms with Gasteiger partial charge in [-0.05, 0) is 49.1 Å². The first-order chi connectivity index (χ1) is 9.02. The fourth-order valence-corrected chi connectivity index (χ4v) is 2.61. The van der Waals surface area contributed by atoms with E-state index in [0.29, 0.717) is 11.3 Å². The monoisotopic (exact) mass is 263 g/mol. The van der Waals surface area contributed by atoms with Crippen LogP contribution in [0.25, 0.3) is 0 Å². The van der Waals surface area contributed by atoms with Gasteiger partial charge in [-0.15, -0.1) is 0 Å². The van der Waals surface area contributed by atoms with E-state index in [1.165, 1.54) is 12.8 Å². The fourth-order valence-electron chi connectivity index (χ4n) is 2.61. The lowest BCUT2D eigenvalue weighted by Crippen LogP contribution is -2.28. The van der Waals surface area contributed by atoms with Crippen LogP contribution >= 0.6 is 0 Å². The summed E-state index contributed by atoms with van der Waals surface area (Å²) < 4.78 is 6.01. The van der Waals surface area contributed by atoms with Gasteiger partial charge in [0, 0.05) is 11.8 Å². The maximum Gasteiger partial charge on any atom is 0.214 e. The number of nitrogens with zero attached hydrogens (tertiary/aromatic N) is 1. The number of aliphatic hydroxyl groups is 1. The van der Waals surface area contributed by atoms with Crippen LogP contribution in [0.5, 0.6) is 5.88 Å². The van der Waals surface area contributed by atoms with Gasteiger partial charge in [-0.1, -0.05) is 20.8 Å². The third-order valence-corrected chi connectivity index (χ3v) is 4.03. The van der Waals surface area contributed by atoms with Gasteiger partial charge in [0.05, 0.1) is 6.61 Å². The molecule has 1 saturated carbocycles. The molecular weight excluding hydrogens is 238 g/mol. The molecule has 1 heterocycles. The van der Waals surface area contributed by atoms with E-state index in [2.05, 4.69) is 25.8 Å².